The highest BCUT2D eigenvalue weighted by Crippen LogP contribution is 2.42. The molecule has 1 amide bonds. The van der Waals surface area contributed by atoms with Crippen LogP contribution in [0, 0.1) is 5.92 Å². The van der Waals surface area contributed by atoms with Gasteiger partial charge in [0.05, 0.1) is 5.56 Å². The zero-order chi connectivity index (χ0) is 22.7. The largest absolute Gasteiger partial charge is 0.445 e. The summed E-state index contributed by atoms with van der Waals surface area (Å²) in [6, 6.07) is 23.8. The summed E-state index contributed by atoms with van der Waals surface area (Å²) in [5.74, 6) is -0.715. The van der Waals surface area contributed by atoms with E-state index in [2.05, 4.69) is 31.1 Å². The van der Waals surface area contributed by atoms with Gasteiger partial charge in [-0.05, 0) is 68.1 Å². The molecule has 4 rings (SSSR count). The number of carbonyl (C=O) groups is 2. The molecule has 1 aliphatic rings. The molecule has 0 heterocycles. The third-order valence-electron chi connectivity index (χ3n) is 6.73. The SMILES string of the molecule is CN(C)C(c1ccccc1)C1CCC(OC(=O)c2cccc3ccccc23)(C(N)=O)CC1. The number of hydrogen-bond donors (Lipinski definition) is 1. The molecule has 0 bridgehead atoms. The summed E-state index contributed by atoms with van der Waals surface area (Å²) in [7, 11) is 4.16. The Labute approximate surface area is 189 Å². The first-order chi connectivity index (χ1) is 15.4. The minimum Gasteiger partial charge on any atom is -0.445 e. The molecule has 1 unspecified atom stereocenters. The van der Waals surface area contributed by atoms with Crippen LogP contribution in [0.25, 0.3) is 10.8 Å². The molecule has 0 saturated heterocycles. The van der Waals surface area contributed by atoms with Crippen LogP contribution in [0.1, 0.15) is 47.6 Å². The van der Waals surface area contributed by atoms with E-state index in [1.807, 2.05) is 54.6 Å². The van der Waals surface area contributed by atoms with Gasteiger partial charge in [-0.15, -0.1) is 0 Å². The quantitative estimate of drug-likeness (QED) is 0.575. The second-order valence-electron chi connectivity index (χ2n) is 8.93. The molecule has 3 aromatic rings. The summed E-state index contributed by atoms with van der Waals surface area (Å²) in [4.78, 5) is 27.9. The zero-order valence-corrected chi connectivity index (χ0v) is 18.7. The lowest BCUT2D eigenvalue weighted by molar-refractivity contribution is -0.142. The Bertz CT molecular complexity index is 1100. The number of primary amides is 1. The third kappa shape index (κ3) is 4.26. The molecule has 1 aliphatic carbocycles. The number of nitrogens with zero attached hydrogens (tertiary/aromatic N) is 1. The van der Waals surface area contributed by atoms with Crippen molar-refractivity contribution in [3.05, 3.63) is 83.9 Å². The second kappa shape index (κ2) is 9.13. The Morgan fingerprint density at radius 2 is 1.56 bits per heavy atom. The van der Waals surface area contributed by atoms with Crippen molar-refractivity contribution in [2.75, 3.05) is 14.1 Å². The number of fused-ring (bicyclic) bond motifs is 1. The number of ether oxygens (including phenoxy) is 1. The standard InChI is InChI=1S/C27H30N2O3/c1-29(2)24(20-10-4-3-5-11-20)21-15-17-27(18-16-21,26(28)31)32-25(30)23-14-8-12-19-9-6-7-13-22(19)23/h3-14,21,24H,15-18H2,1-2H3,(H2,28,31). The van der Waals surface area contributed by atoms with E-state index in [0.29, 0.717) is 24.3 Å². The van der Waals surface area contributed by atoms with Crippen LogP contribution < -0.4 is 5.73 Å². The fourth-order valence-electron chi connectivity index (χ4n) is 5.10. The first-order valence-electron chi connectivity index (χ1n) is 11.1. The Kier molecular flexibility index (Phi) is 6.28. The summed E-state index contributed by atoms with van der Waals surface area (Å²) in [6.07, 6.45) is 2.37. The lowest BCUT2D eigenvalue weighted by Crippen LogP contribution is -2.51. The zero-order valence-electron chi connectivity index (χ0n) is 18.7. The summed E-state index contributed by atoms with van der Waals surface area (Å²) in [6.45, 7) is 0. The van der Waals surface area contributed by atoms with Crippen LogP contribution in [0.3, 0.4) is 0 Å². The number of hydrogen-bond acceptors (Lipinski definition) is 4. The third-order valence-corrected chi connectivity index (χ3v) is 6.73. The van der Waals surface area contributed by atoms with E-state index in [0.717, 1.165) is 23.6 Å². The minimum absolute atomic E-state index is 0.232. The molecule has 5 nitrogen and oxygen atoms in total. The van der Waals surface area contributed by atoms with E-state index in [4.69, 9.17) is 10.5 Å². The van der Waals surface area contributed by atoms with Crippen LogP contribution in [-0.2, 0) is 9.53 Å². The highest BCUT2D eigenvalue weighted by molar-refractivity contribution is 6.05. The van der Waals surface area contributed by atoms with Gasteiger partial charge in [-0.2, -0.15) is 0 Å². The first-order valence-corrected chi connectivity index (χ1v) is 11.1. The Balaban J connectivity index is 1.54. The maximum atomic E-state index is 13.1. The number of carbonyl (C=O) groups excluding carboxylic acids is 2. The molecule has 0 spiro atoms. The number of benzene rings is 3. The molecule has 1 fully saturated rings. The van der Waals surface area contributed by atoms with Crippen LogP contribution in [0.2, 0.25) is 0 Å². The van der Waals surface area contributed by atoms with Crippen LogP contribution in [0.5, 0.6) is 0 Å². The monoisotopic (exact) mass is 430 g/mol. The number of rotatable bonds is 6. The Morgan fingerprint density at radius 3 is 2.22 bits per heavy atom. The van der Waals surface area contributed by atoms with Crippen molar-refractivity contribution in [1.82, 2.24) is 4.90 Å². The predicted octanol–water partition coefficient (Wildman–Crippen LogP) is 4.71. The van der Waals surface area contributed by atoms with Gasteiger partial charge < -0.3 is 15.4 Å². The van der Waals surface area contributed by atoms with Gasteiger partial charge in [-0.1, -0.05) is 66.7 Å². The number of nitrogens with two attached hydrogens (primary N) is 1. The van der Waals surface area contributed by atoms with E-state index >= 15 is 0 Å². The van der Waals surface area contributed by atoms with Gasteiger partial charge in [0.1, 0.15) is 0 Å². The van der Waals surface area contributed by atoms with E-state index < -0.39 is 17.5 Å². The van der Waals surface area contributed by atoms with Gasteiger partial charge in [0.25, 0.3) is 5.91 Å². The summed E-state index contributed by atoms with van der Waals surface area (Å²) in [5.41, 5.74) is 6.25. The summed E-state index contributed by atoms with van der Waals surface area (Å²) >= 11 is 0. The Morgan fingerprint density at radius 1 is 0.938 bits per heavy atom. The molecule has 2 N–H and O–H groups in total. The predicted molar refractivity (Wildman–Crippen MR) is 126 cm³/mol. The second-order valence-corrected chi connectivity index (χ2v) is 8.93. The molecule has 1 atom stereocenters. The maximum Gasteiger partial charge on any atom is 0.339 e. The topological polar surface area (TPSA) is 72.6 Å². The van der Waals surface area contributed by atoms with Crippen molar-refractivity contribution in [3.8, 4) is 0 Å². The van der Waals surface area contributed by atoms with Gasteiger partial charge in [0.2, 0.25) is 0 Å². The van der Waals surface area contributed by atoms with Crippen molar-refractivity contribution >= 4 is 22.6 Å². The molecule has 1 saturated carbocycles. The van der Waals surface area contributed by atoms with Gasteiger partial charge in [0.15, 0.2) is 5.60 Å². The van der Waals surface area contributed by atoms with Crippen LogP contribution in [-0.4, -0.2) is 36.5 Å². The van der Waals surface area contributed by atoms with E-state index in [9.17, 15) is 9.59 Å². The van der Waals surface area contributed by atoms with E-state index in [1.54, 1.807) is 6.07 Å². The average molecular weight is 431 g/mol. The highest BCUT2D eigenvalue weighted by atomic mass is 16.6. The lowest BCUT2D eigenvalue weighted by atomic mass is 9.73. The fourth-order valence-corrected chi connectivity index (χ4v) is 5.10. The highest BCUT2D eigenvalue weighted by Gasteiger charge is 2.46. The molecule has 0 aliphatic heterocycles. The lowest BCUT2D eigenvalue weighted by Gasteiger charge is -2.41. The van der Waals surface area contributed by atoms with Gasteiger partial charge in [-0.3, -0.25) is 4.79 Å². The van der Waals surface area contributed by atoms with Crippen molar-refractivity contribution in [1.29, 1.82) is 0 Å². The molecule has 166 valence electrons. The van der Waals surface area contributed by atoms with Crippen LogP contribution >= 0.6 is 0 Å². The van der Waals surface area contributed by atoms with Gasteiger partial charge in [0, 0.05) is 6.04 Å². The minimum atomic E-state index is -1.27. The van der Waals surface area contributed by atoms with Crippen molar-refractivity contribution < 1.29 is 14.3 Å². The Hall–Kier alpha value is -3.18. The molecule has 0 aromatic heterocycles. The van der Waals surface area contributed by atoms with Crippen LogP contribution in [0.4, 0.5) is 0 Å². The number of esters is 1. The summed E-state index contributed by atoms with van der Waals surface area (Å²) in [5, 5.41) is 1.76. The first kappa shape index (κ1) is 22.0. The van der Waals surface area contributed by atoms with E-state index in [1.165, 1.54) is 5.56 Å². The molecular weight excluding hydrogens is 400 g/mol. The summed E-state index contributed by atoms with van der Waals surface area (Å²) < 4.78 is 5.90. The van der Waals surface area contributed by atoms with Crippen molar-refractivity contribution in [3.63, 3.8) is 0 Å². The molecule has 5 heteroatoms. The number of amides is 1. The molecule has 32 heavy (non-hydrogen) atoms. The average Bonchev–Trinajstić information content (AvgIpc) is 2.80. The molecular formula is C27H30N2O3. The van der Waals surface area contributed by atoms with E-state index in [-0.39, 0.29) is 6.04 Å². The van der Waals surface area contributed by atoms with Crippen molar-refractivity contribution in [2.45, 2.75) is 37.3 Å². The molecule has 0 radical (unpaired) electrons. The van der Waals surface area contributed by atoms with Gasteiger partial charge in [-0.25, -0.2) is 4.79 Å². The smallest absolute Gasteiger partial charge is 0.339 e. The van der Waals surface area contributed by atoms with Crippen LogP contribution in [0.15, 0.2) is 72.8 Å². The maximum absolute atomic E-state index is 13.1. The van der Waals surface area contributed by atoms with Crippen molar-refractivity contribution in [2.24, 2.45) is 11.7 Å². The van der Waals surface area contributed by atoms with Gasteiger partial charge >= 0.3 is 5.97 Å². The normalized spacial score (nSPS) is 21.9. The molecule has 3 aromatic carbocycles. The fraction of sp³-hybridized carbons (Fsp3) is 0.333.